The van der Waals surface area contributed by atoms with Crippen LogP contribution in [0.4, 0.5) is 0 Å². The number of nitrogens with zero attached hydrogens (tertiary/aromatic N) is 5. The summed E-state index contributed by atoms with van der Waals surface area (Å²) in [7, 11) is 0. The molecule has 0 radical (unpaired) electrons. The Labute approximate surface area is 168 Å². The van der Waals surface area contributed by atoms with Gasteiger partial charge < -0.3 is 0 Å². The second-order valence-corrected chi connectivity index (χ2v) is 8.40. The van der Waals surface area contributed by atoms with Gasteiger partial charge in [-0.05, 0) is 50.2 Å². The van der Waals surface area contributed by atoms with Gasteiger partial charge in [0.05, 0.1) is 23.2 Å². The molecule has 142 valence electrons. The molecule has 0 aliphatic carbocycles. The second kappa shape index (κ2) is 7.05. The number of rotatable bonds is 3. The predicted molar refractivity (Wildman–Crippen MR) is 112 cm³/mol. The molecule has 1 aromatic carbocycles. The number of hydrogen-bond acceptors (Lipinski definition) is 4. The first-order valence-corrected chi connectivity index (χ1v) is 9.43. The van der Waals surface area contributed by atoms with Crippen molar-refractivity contribution in [1.29, 1.82) is 0 Å². The average molecular weight is 403 g/mol. The smallest absolute Gasteiger partial charge is 0.216 e. The van der Waals surface area contributed by atoms with Crippen LogP contribution in [0.5, 0.6) is 0 Å². The zero-order chi connectivity index (χ0) is 19.9. The van der Waals surface area contributed by atoms with Crippen LogP contribution in [-0.2, 0) is 5.41 Å². The third kappa shape index (κ3) is 3.75. The summed E-state index contributed by atoms with van der Waals surface area (Å²) in [5, 5.41) is 16.7. The largest absolute Gasteiger partial charge is 0.250 e. The van der Waals surface area contributed by atoms with Crippen molar-refractivity contribution < 1.29 is 0 Å². The van der Waals surface area contributed by atoms with Gasteiger partial charge in [-0.3, -0.25) is 5.10 Å². The topological polar surface area (TPSA) is 63.8 Å². The van der Waals surface area contributed by atoms with Crippen molar-refractivity contribution in [1.82, 2.24) is 24.7 Å². The number of H-pyrrole nitrogens is 1. The minimum absolute atomic E-state index is 0.202. The molecule has 8 heteroatoms. The van der Waals surface area contributed by atoms with Gasteiger partial charge in [0.15, 0.2) is 5.82 Å². The maximum atomic E-state index is 6.65. The van der Waals surface area contributed by atoms with Gasteiger partial charge in [-0.2, -0.15) is 20.0 Å². The van der Waals surface area contributed by atoms with Crippen molar-refractivity contribution in [2.75, 3.05) is 0 Å². The van der Waals surface area contributed by atoms with Crippen LogP contribution in [0.3, 0.4) is 0 Å². The first kappa shape index (κ1) is 19.5. The molecular formula is C19H23ClN6S. The van der Waals surface area contributed by atoms with Crippen molar-refractivity contribution in [3.63, 3.8) is 0 Å². The van der Waals surface area contributed by atoms with Crippen LogP contribution in [0.1, 0.15) is 49.0 Å². The molecular weight excluding hydrogens is 380 g/mol. The summed E-state index contributed by atoms with van der Waals surface area (Å²) in [5.74, 6) is 0.749. The summed E-state index contributed by atoms with van der Waals surface area (Å²) in [6.45, 7) is 12.2. The highest BCUT2D eigenvalue weighted by Gasteiger charge is 2.22. The van der Waals surface area contributed by atoms with E-state index < -0.39 is 0 Å². The molecule has 1 N–H and O–H groups in total. The normalized spacial score (nSPS) is 12.3. The van der Waals surface area contributed by atoms with Gasteiger partial charge in [0.2, 0.25) is 4.77 Å². The maximum absolute atomic E-state index is 6.65. The predicted octanol–water partition coefficient (Wildman–Crippen LogP) is 4.88. The first-order chi connectivity index (χ1) is 12.6. The molecule has 2 heterocycles. The van der Waals surface area contributed by atoms with E-state index in [1.165, 1.54) is 0 Å². The SMILES string of the molecule is Cc1ccc(C)c(-n2nc(C)c(/C=N\n3c(C(C)(C)C)n[nH]c3=S)c2Cl)c1. The third-order valence-electron chi connectivity index (χ3n) is 4.26. The lowest BCUT2D eigenvalue weighted by atomic mass is 9.96. The Morgan fingerprint density at radius 2 is 1.93 bits per heavy atom. The highest BCUT2D eigenvalue weighted by atomic mass is 35.5. The van der Waals surface area contributed by atoms with Gasteiger partial charge in [0, 0.05) is 5.41 Å². The summed E-state index contributed by atoms with van der Waals surface area (Å²) in [6, 6.07) is 6.20. The fourth-order valence-electron chi connectivity index (χ4n) is 2.76. The van der Waals surface area contributed by atoms with Gasteiger partial charge in [0.25, 0.3) is 0 Å². The van der Waals surface area contributed by atoms with Crippen LogP contribution >= 0.6 is 23.8 Å². The van der Waals surface area contributed by atoms with Gasteiger partial charge in [0.1, 0.15) is 5.15 Å². The van der Waals surface area contributed by atoms with E-state index in [0.29, 0.717) is 9.92 Å². The van der Waals surface area contributed by atoms with Gasteiger partial charge in [-0.1, -0.05) is 44.5 Å². The molecule has 6 nitrogen and oxygen atoms in total. The van der Waals surface area contributed by atoms with Crippen LogP contribution < -0.4 is 0 Å². The highest BCUT2D eigenvalue weighted by Crippen LogP contribution is 2.25. The van der Waals surface area contributed by atoms with E-state index in [-0.39, 0.29) is 5.41 Å². The van der Waals surface area contributed by atoms with Crippen LogP contribution in [0.2, 0.25) is 5.15 Å². The number of halogens is 1. The number of aromatic nitrogens is 5. The van der Waals surface area contributed by atoms with Crippen molar-refractivity contribution in [2.24, 2.45) is 5.10 Å². The van der Waals surface area contributed by atoms with Crippen molar-refractivity contribution >= 4 is 30.0 Å². The summed E-state index contributed by atoms with van der Waals surface area (Å²) < 4.78 is 3.81. The Morgan fingerprint density at radius 3 is 2.59 bits per heavy atom. The Balaban J connectivity index is 2.07. The maximum Gasteiger partial charge on any atom is 0.216 e. The van der Waals surface area contributed by atoms with E-state index in [9.17, 15) is 0 Å². The lowest BCUT2D eigenvalue weighted by molar-refractivity contribution is 0.516. The van der Waals surface area contributed by atoms with Crippen LogP contribution in [0, 0.1) is 25.5 Å². The molecule has 0 saturated heterocycles. The van der Waals surface area contributed by atoms with E-state index in [2.05, 4.69) is 59.4 Å². The highest BCUT2D eigenvalue weighted by molar-refractivity contribution is 7.71. The second-order valence-electron chi connectivity index (χ2n) is 7.65. The molecule has 3 rings (SSSR count). The van der Waals surface area contributed by atoms with Crippen LogP contribution in [0.25, 0.3) is 5.69 Å². The van der Waals surface area contributed by atoms with Gasteiger partial charge in [-0.25, -0.2) is 4.68 Å². The number of hydrogen-bond donors (Lipinski definition) is 1. The quantitative estimate of drug-likeness (QED) is 0.501. The van der Waals surface area contributed by atoms with Crippen LogP contribution in [-0.4, -0.2) is 30.9 Å². The summed E-state index contributed by atoms with van der Waals surface area (Å²) in [5.41, 5.74) is 4.54. The molecule has 0 aliphatic heterocycles. The molecule has 0 bridgehead atoms. The number of aromatic amines is 1. The van der Waals surface area contributed by atoms with Gasteiger partial charge in [-0.15, -0.1) is 0 Å². The van der Waals surface area contributed by atoms with Crippen molar-refractivity contribution in [3.8, 4) is 5.69 Å². The Kier molecular flexibility index (Phi) is 5.10. The van der Waals surface area contributed by atoms with E-state index in [1.54, 1.807) is 15.6 Å². The fraction of sp³-hybridized carbons (Fsp3) is 0.368. The van der Waals surface area contributed by atoms with Crippen LogP contribution in [0.15, 0.2) is 23.3 Å². The lowest BCUT2D eigenvalue weighted by Crippen LogP contribution is -2.17. The Bertz CT molecular complexity index is 1080. The molecule has 0 saturated carbocycles. The Morgan fingerprint density at radius 1 is 1.22 bits per heavy atom. The number of aryl methyl sites for hydroxylation is 3. The molecule has 0 fully saturated rings. The van der Waals surface area contributed by atoms with E-state index in [1.807, 2.05) is 20.8 Å². The average Bonchev–Trinajstić information content (AvgIpc) is 3.08. The zero-order valence-corrected chi connectivity index (χ0v) is 17.9. The molecule has 0 atom stereocenters. The van der Waals surface area contributed by atoms with Crippen molar-refractivity contribution in [3.05, 3.63) is 56.3 Å². The monoisotopic (exact) mass is 402 g/mol. The summed E-state index contributed by atoms with van der Waals surface area (Å²) in [4.78, 5) is 0. The Hall–Kier alpha value is -2.25. The third-order valence-corrected chi connectivity index (χ3v) is 4.89. The molecule has 0 aliphatic rings. The molecule has 0 unspecified atom stereocenters. The minimum atomic E-state index is -0.202. The van der Waals surface area contributed by atoms with Gasteiger partial charge >= 0.3 is 0 Å². The molecule has 27 heavy (non-hydrogen) atoms. The molecule has 2 aromatic heterocycles. The summed E-state index contributed by atoms with van der Waals surface area (Å²) >= 11 is 12.0. The molecule has 0 spiro atoms. The number of benzene rings is 1. The number of nitrogens with one attached hydrogen (secondary N) is 1. The molecule has 0 amide bonds. The fourth-order valence-corrected chi connectivity index (χ4v) is 3.26. The zero-order valence-electron chi connectivity index (χ0n) is 16.3. The van der Waals surface area contributed by atoms with E-state index in [4.69, 9.17) is 23.8 Å². The summed E-state index contributed by atoms with van der Waals surface area (Å²) in [6.07, 6.45) is 1.69. The van der Waals surface area contributed by atoms with Crippen molar-refractivity contribution in [2.45, 2.75) is 47.0 Å². The standard InChI is InChI=1S/C19H23ClN6S/c1-11-7-8-12(2)15(9-11)25-16(20)14(13(3)24-25)10-21-26-17(19(4,5)6)22-23-18(26)27/h7-10H,1-6H3,(H,23,27)/b21-10-. The first-order valence-electron chi connectivity index (χ1n) is 8.64. The lowest BCUT2D eigenvalue weighted by Gasteiger charge is -2.15. The molecule has 3 aromatic rings. The van der Waals surface area contributed by atoms with E-state index >= 15 is 0 Å². The van der Waals surface area contributed by atoms with E-state index in [0.717, 1.165) is 33.9 Å². The minimum Gasteiger partial charge on any atom is -0.250 e.